The van der Waals surface area contributed by atoms with E-state index in [0.717, 1.165) is 10.6 Å². The molecule has 0 radical (unpaired) electrons. The number of carbonyl (C=O) groups excluding carboxylic acids is 3. The van der Waals surface area contributed by atoms with E-state index in [2.05, 4.69) is 15.6 Å². The zero-order chi connectivity index (χ0) is 21.5. The third kappa shape index (κ3) is 5.51. The number of nitrogens with zero attached hydrogens (tertiary/aromatic N) is 1. The van der Waals surface area contributed by atoms with E-state index in [1.807, 2.05) is 30.3 Å². The lowest BCUT2D eigenvalue weighted by Gasteiger charge is -2.10. The monoisotopic (exact) mass is 422 g/mol. The predicted molar refractivity (Wildman–Crippen MR) is 117 cm³/mol. The summed E-state index contributed by atoms with van der Waals surface area (Å²) in [6.07, 6.45) is 0.697. The van der Waals surface area contributed by atoms with Gasteiger partial charge in [-0.05, 0) is 24.6 Å². The number of carbonyl (C=O) groups is 3. The number of nitrogens with one attached hydrogen (secondary N) is 2. The Bertz CT molecular complexity index is 1060. The van der Waals surface area contributed by atoms with Gasteiger partial charge in [-0.1, -0.05) is 42.5 Å². The normalized spacial score (nSPS) is 10.4. The molecule has 1 heterocycles. The van der Waals surface area contributed by atoms with Crippen LogP contribution >= 0.6 is 11.3 Å². The van der Waals surface area contributed by atoms with Crippen LogP contribution in [-0.2, 0) is 11.2 Å². The lowest BCUT2D eigenvalue weighted by Crippen LogP contribution is -2.28. The van der Waals surface area contributed by atoms with E-state index in [0.29, 0.717) is 28.2 Å². The summed E-state index contributed by atoms with van der Waals surface area (Å²) < 4.78 is 0. The molecule has 0 atom stereocenters. The number of aryl methyl sites for hydroxylation is 1. The van der Waals surface area contributed by atoms with Crippen LogP contribution in [0.1, 0.15) is 42.7 Å². The zero-order valence-corrected chi connectivity index (χ0v) is 17.3. The molecule has 0 aliphatic heterocycles. The van der Waals surface area contributed by atoms with E-state index in [1.54, 1.807) is 31.2 Å². The highest BCUT2D eigenvalue weighted by Gasteiger charge is 2.18. The Hall–Kier alpha value is -3.52. The van der Waals surface area contributed by atoms with Gasteiger partial charge in [0.1, 0.15) is 4.88 Å². The predicted octanol–water partition coefficient (Wildman–Crippen LogP) is 2.90. The Morgan fingerprint density at radius 1 is 1.00 bits per heavy atom. The molecule has 0 aliphatic carbocycles. The molecule has 0 fully saturated rings. The minimum atomic E-state index is -0.496. The highest BCUT2D eigenvalue weighted by atomic mass is 32.1. The van der Waals surface area contributed by atoms with Gasteiger partial charge in [0, 0.05) is 19.4 Å². The van der Waals surface area contributed by atoms with Crippen molar-refractivity contribution in [3.05, 3.63) is 81.3 Å². The summed E-state index contributed by atoms with van der Waals surface area (Å²) in [6.45, 7) is 1.93. The fourth-order valence-electron chi connectivity index (χ4n) is 2.87. The van der Waals surface area contributed by atoms with E-state index in [1.165, 1.54) is 11.3 Å². The Morgan fingerprint density at radius 2 is 1.70 bits per heavy atom. The molecule has 3 aromatic rings. The van der Waals surface area contributed by atoms with Crippen LogP contribution in [0.25, 0.3) is 0 Å². The lowest BCUT2D eigenvalue weighted by atomic mass is 10.1. The quantitative estimate of drug-likeness (QED) is 0.518. The summed E-state index contributed by atoms with van der Waals surface area (Å²) in [5.41, 5.74) is 7.55. The van der Waals surface area contributed by atoms with Gasteiger partial charge in [-0.15, -0.1) is 11.3 Å². The number of primary amides is 1. The summed E-state index contributed by atoms with van der Waals surface area (Å²) in [5, 5.41) is 6.28. The van der Waals surface area contributed by atoms with Crippen LogP contribution in [0, 0.1) is 6.92 Å². The van der Waals surface area contributed by atoms with Gasteiger partial charge in [-0.2, -0.15) is 0 Å². The molecule has 0 bridgehead atoms. The van der Waals surface area contributed by atoms with Gasteiger partial charge in [-0.25, -0.2) is 4.98 Å². The van der Waals surface area contributed by atoms with Gasteiger partial charge in [-0.3, -0.25) is 14.4 Å². The third-order valence-corrected chi connectivity index (χ3v) is 5.48. The number of thiazole rings is 1. The molecule has 0 aliphatic rings. The fourth-order valence-corrected chi connectivity index (χ4v) is 3.87. The number of aromatic nitrogens is 1. The van der Waals surface area contributed by atoms with Crippen molar-refractivity contribution in [3.8, 4) is 0 Å². The molecule has 2 aromatic carbocycles. The summed E-state index contributed by atoms with van der Waals surface area (Å²) in [7, 11) is 0. The van der Waals surface area contributed by atoms with Crippen LogP contribution in [0.5, 0.6) is 0 Å². The van der Waals surface area contributed by atoms with Crippen molar-refractivity contribution in [1.29, 1.82) is 0 Å². The molecule has 0 saturated heterocycles. The van der Waals surface area contributed by atoms with Crippen molar-refractivity contribution in [1.82, 2.24) is 10.3 Å². The van der Waals surface area contributed by atoms with Crippen molar-refractivity contribution in [2.45, 2.75) is 19.8 Å². The van der Waals surface area contributed by atoms with Gasteiger partial charge >= 0.3 is 0 Å². The number of para-hydroxylation sites is 1. The molecule has 30 heavy (non-hydrogen) atoms. The van der Waals surface area contributed by atoms with Crippen LogP contribution < -0.4 is 16.4 Å². The molecule has 3 rings (SSSR count). The van der Waals surface area contributed by atoms with Crippen molar-refractivity contribution in [2.24, 2.45) is 5.73 Å². The summed E-state index contributed by atoms with van der Waals surface area (Å²) >= 11 is 1.34. The average Bonchev–Trinajstić information content (AvgIpc) is 3.09. The number of benzene rings is 2. The second-order valence-electron chi connectivity index (χ2n) is 6.66. The van der Waals surface area contributed by atoms with Crippen LogP contribution in [0.4, 0.5) is 5.69 Å². The van der Waals surface area contributed by atoms with E-state index in [9.17, 15) is 14.4 Å². The van der Waals surface area contributed by atoms with Crippen LogP contribution in [0.15, 0.2) is 54.6 Å². The van der Waals surface area contributed by atoms with E-state index >= 15 is 0 Å². The zero-order valence-electron chi connectivity index (χ0n) is 16.5. The maximum absolute atomic E-state index is 12.8. The number of hydrogen-bond acceptors (Lipinski definition) is 5. The van der Waals surface area contributed by atoms with Crippen LogP contribution in [0.3, 0.4) is 0 Å². The lowest BCUT2D eigenvalue weighted by molar-refractivity contribution is -0.117. The van der Waals surface area contributed by atoms with Crippen molar-refractivity contribution in [2.75, 3.05) is 11.9 Å². The Morgan fingerprint density at radius 3 is 2.43 bits per heavy atom. The van der Waals surface area contributed by atoms with Gasteiger partial charge in [0.15, 0.2) is 0 Å². The molecule has 4 N–H and O–H groups in total. The van der Waals surface area contributed by atoms with E-state index in [-0.39, 0.29) is 18.9 Å². The highest BCUT2D eigenvalue weighted by Crippen LogP contribution is 2.23. The molecule has 0 saturated carbocycles. The van der Waals surface area contributed by atoms with Crippen LogP contribution in [-0.4, -0.2) is 29.3 Å². The van der Waals surface area contributed by atoms with Gasteiger partial charge in [0.2, 0.25) is 5.91 Å². The first-order valence-electron chi connectivity index (χ1n) is 9.41. The second kappa shape index (κ2) is 9.80. The summed E-state index contributed by atoms with van der Waals surface area (Å²) in [4.78, 5) is 41.1. The SMILES string of the molecule is Cc1nc(Cc2ccccc2)sc1C(=O)Nc1ccccc1C(=O)NCCC(N)=O. The van der Waals surface area contributed by atoms with Gasteiger partial charge in [0.25, 0.3) is 11.8 Å². The van der Waals surface area contributed by atoms with Crippen molar-refractivity contribution >= 4 is 34.7 Å². The first kappa shape index (κ1) is 21.2. The molecule has 8 heteroatoms. The number of nitrogens with two attached hydrogens (primary N) is 1. The standard InChI is InChI=1S/C22H22N4O3S/c1-14-20(30-19(25-14)13-15-7-3-2-4-8-15)22(29)26-17-10-6-5-9-16(17)21(28)24-12-11-18(23)27/h2-10H,11-13H2,1H3,(H2,23,27)(H,24,28)(H,26,29). The molecular formula is C22H22N4O3S. The minimum absolute atomic E-state index is 0.0461. The molecule has 0 unspecified atom stereocenters. The molecule has 0 spiro atoms. The Labute approximate surface area is 178 Å². The van der Waals surface area contributed by atoms with Gasteiger partial charge < -0.3 is 16.4 Å². The molecule has 154 valence electrons. The maximum atomic E-state index is 12.8. The average molecular weight is 423 g/mol. The van der Waals surface area contributed by atoms with Crippen LogP contribution in [0.2, 0.25) is 0 Å². The molecule has 1 aromatic heterocycles. The number of anilines is 1. The maximum Gasteiger partial charge on any atom is 0.267 e. The van der Waals surface area contributed by atoms with Crippen molar-refractivity contribution < 1.29 is 14.4 Å². The highest BCUT2D eigenvalue weighted by molar-refractivity contribution is 7.14. The summed E-state index contributed by atoms with van der Waals surface area (Å²) in [6, 6.07) is 16.6. The molecule has 3 amide bonds. The number of amides is 3. The largest absolute Gasteiger partial charge is 0.370 e. The molecular weight excluding hydrogens is 400 g/mol. The number of hydrogen-bond donors (Lipinski definition) is 3. The van der Waals surface area contributed by atoms with Crippen molar-refractivity contribution in [3.63, 3.8) is 0 Å². The third-order valence-electron chi connectivity index (χ3n) is 4.32. The first-order chi connectivity index (χ1) is 14.4. The Balaban J connectivity index is 1.72. The number of rotatable bonds is 8. The Kier molecular flexibility index (Phi) is 6.92. The molecule has 7 nitrogen and oxygen atoms in total. The smallest absolute Gasteiger partial charge is 0.267 e. The van der Waals surface area contributed by atoms with Gasteiger partial charge in [0.05, 0.1) is 22.0 Å². The second-order valence-corrected chi connectivity index (χ2v) is 7.74. The topological polar surface area (TPSA) is 114 Å². The van der Waals surface area contributed by atoms with E-state index in [4.69, 9.17) is 5.73 Å². The summed E-state index contributed by atoms with van der Waals surface area (Å²) in [5.74, 6) is -1.21. The minimum Gasteiger partial charge on any atom is -0.370 e. The fraction of sp³-hybridized carbons (Fsp3) is 0.182. The first-order valence-corrected chi connectivity index (χ1v) is 10.2. The van der Waals surface area contributed by atoms with E-state index < -0.39 is 11.8 Å².